The molecule has 5 nitrogen and oxygen atoms in total. The second-order valence-corrected chi connectivity index (χ2v) is 10.9. The molecule has 0 saturated carbocycles. The number of nitrogens with two attached hydrogens (primary N) is 1. The van der Waals surface area contributed by atoms with E-state index in [1.807, 2.05) is 12.1 Å². The van der Waals surface area contributed by atoms with Crippen LogP contribution in [0.1, 0.15) is 73.7 Å². The van der Waals surface area contributed by atoms with Crippen LogP contribution < -0.4 is 5.73 Å². The maximum atomic E-state index is 9.52. The van der Waals surface area contributed by atoms with Crippen molar-refractivity contribution >= 4 is 0 Å². The van der Waals surface area contributed by atoms with E-state index in [-0.39, 0.29) is 24.7 Å². The van der Waals surface area contributed by atoms with Crippen LogP contribution in [0.25, 0.3) is 11.1 Å². The quantitative estimate of drug-likeness (QED) is 0.384. The number of benzene rings is 3. The Balaban J connectivity index is 1.39. The summed E-state index contributed by atoms with van der Waals surface area (Å²) < 4.78 is 13.4. The van der Waals surface area contributed by atoms with Gasteiger partial charge in [-0.15, -0.1) is 0 Å². The van der Waals surface area contributed by atoms with E-state index in [0.29, 0.717) is 6.54 Å². The number of hydrogen-bond acceptors (Lipinski definition) is 5. The van der Waals surface area contributed by atoms with Crippen LogP contribution in [-0.4, -0.2) is 35.7 Å². The molecule has 38 heavy (non-hydrogen) atoms. The number of aliphatic hydroxyl groups is 1. The standard InChI is InChI=1S/C33H42N2O3/c1-24-31(22-35-18-5-3-2-4-6-19-35)37-33(38-32(24)28-12-10-25(23-36)11-13-28)29-16-14-27(15-17-29)30-9-7-8-26(20-30)21-34/h7-17,20,24,31-33,36H,2-6,18-19,21-23,34H2,1H3. The fourth-order valence-electron chi connectivity index (χ4n) is 5.79. The minimum absolute atomic E-state index is 0.0468. The highest BCUT2D eigenvalue weighted by atomic mass is 16.7. The Hall–Kier alpha value is -2.54. The van der Waals surface area contributed by atoms with Crippen LogP contribution >= 0.6 is 0 Å². The summed E-state index contributed by atoms with van der Waals surface area (Å²) >= 11 is 0. The molecule has 5 rings (SSSR count). The molecule has 0 spiro atoms. The van der Waals surface area contributed by atoms with Gasteiger partial charge in [-0.25, -0.2) is 0 Å². The first-order valence-corrected chi connectivity index (χ1v) is 14.3. The maximum absolute atomic E-state index is 9.52. The summed E-state index contributed by atoms with van der Waals surface area (Å²) in [5.41, 5.74) is 12.4. The van der Waals surface area contributed by atoms with Crippen LogP contribution in [0.3, 0.4) is 0 Å². The van der Waals surface area contributed by atoms with Crippen molar-refractivity contribution in [2.24, 2.45) is 11.7 Å². The van der Waals surface area contributed by atoms with Gasteiger partial charge in [0.25, 0.3) is 0 Å². The SMILES string of the molecule is CC1C(CN2CCCCCCC2)OC(c2ccc(-c3cccc(CN)c3)cc2)OC1c1ccc(CO)cc1. The molecular weight excluding hydrogens is 472 g/mol. The molecule has 202 valence electrons. The lowest BCUT2D eigenvalue weighted by molar-refractivity contribution is -0.276. The zero-order valence-corrected chi connectivity index (χ0v) is 22.6. The number of hydrogen-bond donors (Lipinski definition) is 2. The smallest absolute Gasteiger partial charge is 0.184 e. The average molecular weight is 515 g/mol. The molecule has 0 radical (unpaired) electrons. The Bertz CT molecular complexity index is 1140. The zero-order chi connectivity index (χ0) is 26.3. The molecule has 3 aromatic rings. The third-order valence-corrected chi connectivity index (χ3v) is 8.19. The summed E-state index contributed by atoms with van der Waals surface area (Å²) in [6, 6.07) is 25.1. The lowest BCUT2D eigenvalue weighted by Crippen LogP contribution is -2.45. The van der Waals surface area contributed by atoms with Crippen molar-refractivity contribution in [2.45, 2.75) is 70.7 Å². The average Bonchev–Trinajstić information content (AvgIpc) is 2.95. The van der Waals surface area contributed by atoms with Gasteiger partial charge in [-0.2, -0.15) is 0 Å². The predicted molar refractivity (Wildman–Crippen MR) is 152 cm³/mol. The molecular formula is C33H42N2O3. The highest BCUT2D eigenvalue weighted by Gasteiger charge is 2.39. The van der Waals surface area contributed by atoms with E-state index in [2.05, 4.69) is 72.5 Å². The molecule has 4 atom stereocenters. The molecule has 0 bridgehead atoms. The Morgan fingerprint density at radius 3 is 2.16 bits per heavy atom. The molecule has 0 aliphatic carbocycles. The Morgan fingerprint density at radius 1 is 0.789 bits per heavy atom. The summed E-state index contributed by atoms with van der Waals surface area (Å²) in [7, 11) is 0. The van der Waals surface area contributed by atoms with Gasteiger partial charge in [0.2, 0.25) is 0 Å². The Morgan fingerprint density at radius 2 is 1.47 bits per heavy atom. The van der Waals surface area contributed by atoms with Crippen molar-refractivity contribution in [2.75, 3.05) is 19.6 Å². The Labute approximate surface area is 227 Å². The maximum Gasteiger partial charge on any atom is 0.184 e. The van der Waals surface area contributed by atoms with Crippen molar-refractivity contribution < 1.29 is 14.6 Å². The molecule has 2 fully saturated rings. The first-order valence-electron chi connectivity index (χ1n) is 14.3. The van der Waals surface area contributed by atoms with Gasteiger partial charge in [-0.3, -0.25) is 0 Å². The van der Waals surface area contributed by atoms with E-state index < -0.39 is 6.29 Å². The fraction of sp³-hybridized carbons (Fsp3) is 0.455. The topological polar surface area (TPSA) is 68.0 Å². The van der Waals surface area contributed by atoms with Gasteiger partial charge in [0.15, 0.2) is 6.29 Å². The minimum atomic E-state index is -0.432. The summed E-state index contributed by atoms with van der Waals surface area (Å²) in [6.07, 6.45) is 6.09. The van der Waals surface area contributed by atoms with Crippen molar-refractivity contribution in [3.63, 3.8) is 0 Å². The van der Waals surface area contributed by atoms with Crippen molar-refractivity contribution in [1.29, 1.82) is 0 Å². The zero-order valence-electron chi connectivity index (χ0n) is 22.6. The molecule has 3 N–H and O–H groups in total. The fourth-order valence-corrected chi connectivity index (χ4v) is 5.79. The van der Waals surface area contributed by atoms with E-state index in [9.17, 15) is 5.11 Å². The van der Waals surface area contributed by atoms with Crippen LogP contribution in [-0.2, 0) is 22.6 Å². The van der Waals surface area contributed by atoms with Gasteiger partial charge in [-0.1, -0.05) is 92.9 Å². The van der Waals surface area contributed by atoms with E-state index in [4.69, 9.17) is 15.2 Å². The van der Waals surface area contributed by atoms with Crippen molar-refractivity contribution in [3.05, 3.63) is 95.1 Å². The van der Waals surface area contributed by atoms with Gasteiger partial charge in [-0.05, 0) is 59.8 Å². The first kappa shape index (κ1) is 27.0. The number of nitrogens with zero attached hydrogens (tertiary/aromatic N) is 1. The highest BCUT2D eigenvalue weighted by molar-refractivity contribution is 5.64. The van der Waals surface area contributed by atoms with Gasteiger partial charge in [0.05, 0.1) is 18.8 Å². The van der Waals surface area contributed by atoms with Gasteiger partial charge in [0.1, 0.15) is 0 Å². The number of rotatable bonds is 7. The molecule has 0 amide bonds. The van der Waals surface area contributed by atoms with Gasteiger partial charge in [0, 0.05) is 24.6 Å². The molecule has 0 aromatic heterocycles. The van der Waals surface area contributed by atoms with Crippen molar-refractivity contribution in [1.82, 2.24) is 4.90 Å². The monoisotopic (exact) mass is 514 g/mol. The summed E-state index contributed by atoms with van der Waals surface area (Å²) in [4.78, 5) is 2.60. The van der Waals surface area contributed by atoms with E-state index in [1.165, 1.54) is 32.1 Å². The number of aliphatic hydroxyl groups excluding tert-OH is 1. The molecule has 5 heteroatoms. The number of ether oxygens (including phenoxy) is 2. The third kappa shape index (κ3) is 6.53. The summed E-state index contributed by atoms with van der Waals surface area (Å²) in [5.74, 6) is 0.204. The lowest BCUT2D eigenvalue weighted by Gasteiger charge is -2.43. The first-order chi connectivity index (χ1) is 18.6. The summed E-state index contributed by atoms with van der Waals surface area (Å²) in [5, 5.41) is 9.52. The molecule has 2 heterocycles. The largest absolute Gasteiger partial charge is 0.392 e. The third-order valence-electron chi connectivity index (χ3n) is 8.19. The van der Waals surface area contributed by atoms with E-state index in [0.717, 1.165) is 53.0 Å². The molecule has 4 unspecified atom stereocenters. The number of likely N-dealkylation sites (tertiary alicyclic amines) is 1. The lowest BCUT2D eigenvalue weighted by atomic mass is 9.89. The second-order valence-electron chi connectivity index (χ2n) is 10.9. The van der Waals surface area contributed by atoms with Crippen LogP contribution in [0.2, 0.25) is 0 Å². The van der Waals surface area contributed by atoms with Gasteiger partial charge < -0.3 is 25.2 Å². The van der Waals surface area contributed by atoms with E-state index in [1.54, 1.807) is 0 Å². The van der Waals surface area contributed by atoms with Crippen LogP contribution in [0, 0.1) is 5.92 Å². The molecule has 2 saturated heterocycles. The van der Waals surface area contributed by atoms with Crippen LogP contribution in [0.15, 0.2) is 72.8 Å². The van der Waals surface area contributed by atoms with Crippen molar-refractivity contribution in [3.8, 4) is 11.1 Å². The second kappa shape index (κ2) is 13.0. The normalized spacial score (nSPS) is 25.0. The van der Waals surface area contributed by atoms with Gasteiger partial charge >= 0.3 is 0 Å². The molecule has 3 aromatic carbocycles. The predicted octanol–water partition coefficient (Wildman–Crippen LogP) is 6.36. The molecule has 2 aliphatic heterocycles. The Kier molecular flexibility index (Phi) is 9.26. The van der Waals surface area contributed by atoms with E-state index >= 15 is 0 Å². The minimum Gasteiger partial charge on any atom is -0.392 e. The summed E-state index contributed by atoms with van der Waals surface area (Å²) in [6.45, 7) is 6.05. The molecule has 2 aliphatic rings. The highest BCUT2D eigenvalue weighted by Crippen LogP contribution is 2.42. The van der Waals surface area contributed by atoms with Crippen LogP contribution in [0.5, 0.6) is 0 Å². The van der Waals surface area contributed by atoms with Crippen LogP contribution in [0.4, 0.5) is 0 Å².